The Kier molecular flexibility index (Phi) is 6.71. The van der Waals surface area contributed by atoms with Gasteiger partial charge < -0.3 is 15.6 Å². The van der Waals surface area contributed by atoms with E-state index < -0.39 is 23.8 Å². The van der Waals surface area contributed by atoms with Crippen molar-refractivity contribution in [2.45, 2.75) is 24.8 Å². The number of hydrogen-bond donors (Lipinski definition) is 2. The molecule has 0 bridgehead atoms. The van der Waals surface area contributed by atoms with Gasteiger partial charge >= 0.3 is 11.9 Å². The molecule has 0 spiro atoms. The third-order valence-corrected chi connectivity index (χ3v) is 4.54. The van der Waals surface area contributed by atoms with Gasteiger partial charge in [-0.2, -0.15) is 0 Å². The lowest BCUT2D eigenvalue weighted by atomic mass is 9.98. The van der Waals surface area contributed by atoms with E-state index in [0.717, 1.165) is 22.3 Å². The monoisotopic (exact) mass is 389 g/mol. The van der Waals surface area contributed by atoms with Gasteiger partial charge in [-0.25, -0.2) is 4.79 Å². The molecule has 2 aromatic carbocycles. The SMILES string of the molecule is Cl.NC(C(=O)CCC(=O)O)C(=O)OCC1c2ccccc2-c2ccccc21. The van der Waals surface area contributed by atoms with Crippen LogP contribution in [0, 0.1) is 0 Å². The van der Waals surface area contributed by atoms with Crippen molar-refractivity contribution >= 4 is 30.1 Å². The Bertz CT molecular complexity index is 821. The van der Waals surface area contributed by atoms with Crippen molar-refractivity contribution in [3.8, 4) is 11.1 Å². The van der Waals surface area contributed by atoms with Crippen molar-refractivity contribution in [3.63, 3.8) is 0 Å². The lowest BCUT2D eigenvalue weighted by Crippen LogP contribution is -2.40. The number of nitrogens with two attached hydrogens (primary N) is 1. The van der Waals surface area contributed by atoms with Gasteiger partial charge in [0, 0.05) is 12.3 Å². The van der Waals surface area contributed by atoms with Gasteiger partial charge in [0.15, 0.2) is 11.8 Å². The van der Waals surface area contributed by atoms with Crippen LogP contribution in [0.5, 0.6) is 0 Å². The Morgan fingerprint density at radius 3 is 2.00 bits per heavy atom. The summed E-state index contributed by atoms with van der Waals surface area (Å²) in [5.41, 5.74) is 9.93. The summed E-state index contributed by atoms with van der Waals surface area (Å²) in [5, 5.41) is 8.61. The number of ether oxygens (including phenoxy) is 1. The normalized spacial score (nSPS) is 13.1. The van der Waals surface area contributed by atoms with Crippen molar-refractivity contribution in [3.05, 3.63) is 59.7 Å². The summed E-state index contributed by atoms with van der Waals surface area (Å²) in [6, 6.07) is 14.4. The molecule has 0 saturated heterocycles. The van der Waals surface area contributed by atoms with Gasteiger partial charge in [0.25, 0.3) is 0 Å². The highest BCUT2D eigenvalue weighted by atomic mass is 35.5. The Balaban J connectivity index is 0.00000261. The Labute approximate surface area is 162 Å². The lowest BCUT2D eigenvalue weighted by Gasteiger charge is -2.16. The highest BCUT2D eigenvalue weighted by Crippen LogP contribution is 2.44. The molecule has 0 aliphatic heterocycles. The maximum atomic E-state index is 12.1. The summed E-state index contributed by atoms with van der Waals surface area (Å²) in [6.07, 6.45) is -0.649. The number of carbonyl (C=O) groups is 3. The average molecular weight is 390 g/mol. The predicted molar refractivity (Wildman–Crippen MR) is 102 cm³/mol. The maximum Gasteiger partial charge on any atom is 0.330 e. The van der Waals surface area contributed by atoms with E-state index >= 15 is 0 Å². The third kappa shape index (κ3) is 4.35. The van der Waals surface area contributed by atoms with Crippen LogP contribution in [0.25, 0.3) is 11.1 Å². The number of carboxylic acids is 1. The third-order valence-electron chi connectivity index (χ3n) is 4.54. The van der Waals surface area contributed by atoms with Gasteiger partial charge in [0.05, 0.1) is 6.42 Å². The van der Waals surface area contributed by atoms with Crippen LogP contribution in [0.2, 0.25) is 0 Å². The summed E-state index contributed by atoms with van der Waals surface area (Å²) in [6.45, 7) is 0.0762. The van der Waals surface area contributed by atoms with Crippen LogP contribution in [-0.2, 0) is 19.1 Å². The fourth-order valence-corrected chi connectivity index (χ4v) is 3.21. The van der Waals surface area contributed by atoms with E-state index in [-0.39, 0.29) is 37.8 Å². The summed E-state index contributed by atoms with van der Waals surface area (Å²) < 4.78 is 5.30. The Morgan fingerprint density at radius 2 is 1.48 bits per heavy atom. The van der Waals surface area contributed by atoms with Crippen LogP contribution in [0.15, 0.2) is 48.5 Å². The van der Waals surface area contributed by atoms with Gasteiger partial charge in [-0.3, -0.25) is 9.59 Å². The number of ketones is 1. The number of rotatable bonds is 7. The second-order valence-electron chi connectivity index (χ2n) is 6.19. The molecule has 0 fully saturated rings. The molecule has 0 heterocycles. The second-order valence-corrected chi connectivity index (χ2v) is 6.19. The molecule has 6 nitrogen and oxygen atoms in total. The van der Waals surface area contributed by atoms with Crippen LogP contribution < -0.4 is 5.73 Å². The number of carbonyl (C=O) groups excluding carboxylic acids is 2. The number of fused-ring (bicyclic) bond motifs is 3. The average Bonchev–Trinajstić information content (AvgIpc) is 2.97. The van der Waals surface area contributed by atoms with Crippen molar-refractivity contribution in [2.75, 3.05) is 6.61 Å². The van der Waals surface area contributed by atoms with Gasteiger partial charge in [0.1, 0.15) is 6.61 Å². The van der Waals surface area contributed by atoms with Crippen LogP contribution in [0.4, 0.5) is 0 Å². The quantitative estimate of drug-likeness (QED) is 0.556. The standard InChI is InChI=1S/C20H19NO5.ClH/c21-19(17(22)9-10-18(23)24)20(25)26-11-16-14-7-3-1-5-12(14)13-6-2-4-8-15(13)16;/h1-8,16,19H,9-11,21H2,(H,23,24);1H. The number of esters is 1. The van der Waals surface area contributed by atoms with Gasteiger partial charge in [-0.05, 0) is 22.3 Å². The zero-order valence-corrected chi connectivity index (χ0v) is 15.3. The molecule has 3 N–H and O–H groups in total. The van der Waals surface area contributed by atoms with Gasteiger partial charge in [-0.1, -0.05) is 48.5 Å². The van der Waals surface area contributed by atoms with E-state index in [4.69, 9.17) is 15.6 Å². The first-order valence-corrected chi connectivity index (χ1v) is 8.34. The molecule has 0 aromatic heterocycles. The molecule has 1 unspecified atom stereocenters. The fraction of sp³-hybridized carbons (Fsp3) is 0.250. The van der Waals surface area contributed by atoms with Crippen molar-refractivity contribution in [1.82, 2.24) is 0 Å². The largest absolute Gasteiger partial charge is 0.481 e. The molecule has 1 aliphatic rings. The highest BCUT2D eigenvalue weighted by molar-refractivity contribution is 6.03. The zero-order chi connectivity index (χ0) is 18.7. The highest BCUT2D eigenvalue weighted by Gasteiger charge is 2.30. The molecule has 142 valence electrons. The molecule has 0 amide bonds. The lowest BCUT2D eigenvalue weighted by molar-refractivity contribution is -0.149. The number of halogens is 1. The molecule has 0 saturated carbocycles. The van der Waals surface area contributed by atoms with E-state index in [1.165, 1.54) is 0 Å². The van der Waals surface area contributed by atoms with E-state index in [2.05, 4.69) is 0 Å². The second kappa shape index (κ2) is 8.79. The summed E-state index contributed by atoms with van der Waals surface area (Å²) in [7, 11) is 0. The molecule has 27 heavy (non-hydrogen) atoms. The minimum absolute atomic E-state index is 0. The summed E-state index contributed by atoms with van der Waals surface area (Å²) >= 11 is 0. The zero-order valence-electron chi connectivity index (χ0n) is 14.5. The van der Waals surface area contributed by atoms with Crippen LogP contribution in [0.1, 0.15) is 29.9 Å². The van der Waals surface area contributed by atoms with Gasteiger partial charge in [-0.15, -0.1) is 12.4 Å². The summed E-state index contributed by atoms with van der Waals surface area (Å²) in [5.74, 6) is -2.70. The minimum atomic E-state index is -1.46. The van der Waals surface area contributed by atoms with E-state index in [9.17, 15) is 14.4 Å². The fourth-order valence-electron chi connectivity index (χ4n) is 3.21. The molecule has 3 rings (SSSR count). The number of carboxylic acid groups (broad SMARTS) is 1. The number of hydrogen-bond acceptors (Lipinski definition) is 5. The molecular formula is C20H20ClNO5. The number of benzene rings is 2. The predicted octanol–water partition coefficient (Wildman–Crippen LogP) is 2.53. The van der Waals surface area contributed by atoms with Crippen molar-refractivity contribution < 1.29 is 24.2 Å². The Hall–Kier alpha value is -2.70. The molecule has 2 aromatic rings. The minimum Gasteiger partial charge on any atom is -0.481 e. The van der Waals surface area contributed by atoms with Gasteiger partial charge in [0.2, 0.25) is 0 Å². The van der Waals surface area contributed by atoms with E-state index in [1.54, 1.807) is 0 Å². The topological polar surface area (TPSA) is 107 Å². The van der Waals surface area contributed by atoms with E-state index in [1.807, 2.05) is 48.5 Å². The molecule has 0 radical (unpaired) electrons. The summed E-state index contributed by atoms with van der Waals surface area (Å²) in [4.78, 5) is 34.4. The van der Waals surface area contributed by atoms with Crippen LogP contribution in [-0.4, -0.2) is 35.5 Å². The van der Waals surface area contributed by atoms with E-state index in [0.29, 0.717) is 0 Å². The first kappa shape index (κ1) is 20.6. The number of aliphatic carboxylic acids is 1. The molecule has 1 aliphatic carbocycles. The van der Waals surface area contributed by atoms with Crippen molar-refractivity contribution in [1.29, 1.82) is 0 Å². The number of Topliss-reactive ketones (excluding diaryl/α,β-unsaturated/α-hetero) is 1. The molecule has 7 heteroatoms. The van der Waals surface area contributed by atoms with Crippen LogP contribution in [0.3, 0.4) is 0 Å². The molecule has 1 atom stereocenters. The van der Waals surface area contributed by atoms with Crippen LogP contribution >= 0.6 is 12.4 Å². The Morgan fingerprint density at radius 1 is 0.963 bits per heavy atom. The first-order valence-electron chi connectivity index (χ1n) is 8.34. The van der Waals surface area contributed by atoms with Crippen molar-refractivity contribution in [2.24, 2.45) is 5.73 Å². The molecular weight excluding hydrogens is 370 g/mol. The first-order chi connectivity index (χ1) is 12.5. The smallest absolute Gasteiger partial charge is 0.330 e. The maximum absolute atomic E-state index is 12.1.